The lowest BCUT2D eigenvalue weighted by atomic mass is 10.1. The van der Waals surface area contributed by atoms with Gasteiger partial charge in [0.1, 0.15) is 5.75 Å². The quantitative estimate of drug-likeness (QED) is 0.686. The summed E-state index contributed by atoms with van der Waals surface area (Å²) in [6, 6.07) is 24.2. The number of carbonyl (C=O) groups excluding carboxylic acids is 2. The molecule has 0 saturated carbocycles. The summed E-state index contributed by atoms with van der Waals surface area (Å²) in [6.45, 7) is 2.64. The summed E-state index contributed by atoms with van der Waals surface area (Å²) in [7, 11) is 1.55. The largest absolute Gasteiger partial charge is 0.496 e. The Balaban J connectivity index is 1.46. The van der Waals surface area contributed by atoms with Crippen LogP contribution in [-0.2, 0) is 0 Å². The molecule has 0 bridgehead atoms. The van der Waals surface area contributed by atoms with Crippen molar-refractivity contribution in [3.8, 4) is 5.75 Å². The predicted molar refractivity (Wildman–Crippen MR) is 122 cm³/mol. The van der Waals surface area contributed by atoms with Gasteiger partial charge in [-0.15, -0.1) is 0 Å². The Kier molecular flexibility index (Phi) is 6.17. The van der Waals surface area contributed by atoms with E-state index >= 15 is 0 Å². The molecule has 0 radical (unpaired) electrons. The molecule has 6 heteroatoms. The molecule has 4 rings (SSSR count). The minimum Gasteiger partial charge on any atom is -0.496 e. The van der Waals surface area contributed by atoms with Crippen molar-refractivity contribution in [2.45, 2.75) is 0 Å². The van der Waals surface area contributed by atoms with Gasteiger partial charge >= 0.3 is 0 Å². The first-order valence-corrected chi connectivity index (χ1v) is 10.3. The van der Waals surface area contributed by atoms with Crippen molar-refractivity contribution < 1.29 is 14.3 Å². The second-order valence-corrected chi connectivity index (χ2v) is 7.32. The molecule has 0 aliphatic carbocycles. The number of rotatable bonds is 5. The van der Waals surface area contributed by atoms with Gasteiger partial charge in [0.25, 0.3) is 11.8 Å². The zero-order chi connectivity index (χ0) is 21.6. The maximum absolute atomic E-state index is 12.9. The Morgan fingerprint density at radius 3 is 2.19 bits per heavy atom. The number of amides is 2. The van der Waals surface area contributed by atoms with Crippen molar-refractivity contribution in [1.29, 1.82) is 0 Å². The molecule has 1 saturated heterocycles. The highest BCUT2D eigenvalue weighted by atomic mass is 16.5. The van der Waals surface area contributed by atoms with Crippen LogP contribution >= 0.6 is 0 Å². The topological polar surface area (TPSA) is 61.9 Å². The minimum atomic E-state index is -0.220. The average molecular weight is 415 g/mol. The smallest absolute Gasteiger partial charge is 0.259 e. The monoisotopic (exact) mass is 415 g/mol. The Hall–Kier alpha value is -3.80. The normalized spacial score (nSPS) is 13.6. The number of hydrogen-bond acceptors (Lipinski definition) is 4. The van der Waals surface area contributed by atoms with E-state index in [1.54, 1.807) is 19.2 Å². The van der Waals surface area contributed by atoms with Crippen molar-refractivity contribution >= 4 is 23.2 Å². The summed E-state index contributed by atoms with van der Waals surface area (Å²) in [4.78, 5) is 29.7. The molecule has 1 aliphatic heterocycles. The van der Waals surface area contributed by atoms with Crippen LogP contribution in [-0.4, -0.2) is 50.0 Å². The molecule has 158 valence electrons. The first kappa shape index (κ1) is 20.5. The summed E-state index contributed by atoms with van der Waals surface area (Å²) in [6.07, 6.45) is 0. The van der Waals surface area contributed by atoms with E-state index in [4.69, 9.17) is 4.74 Å². The van der Waals surface area contributed by atoms with Crippen molar-refractivity contribution in [1.82, 2.24) is 4.90 Å². The van der Waals surface area contributed by atoms with Crippen LogP contribution in [0.25, 0.3) is 0 Å². The summed E-state index contributed by atoms with van der Waals surface area (Å²) < 4.78 is 5.31. The second-order valence-electron chi connectivity index (χ2n) is 7.32. The standard InChI is InChI=1S/C25H25N3O3/c1-31-23-14-8-5-11-20(23)24(29)26-21-12-6-7-13-22(21)27-15-17-28(18-16-27)25(30)19-9-3-2-4-10-19/h2-14H,15-18H2,1H3,(H,26,29). The number of anilines is 2. The number of ether oxygens (including phenoxy) is 1. The first-order valence-electron chi connectivity index (χ1n) is 10.3. The van der Waals surface area contributed by atoms with Gasteiger partial charge in [-0.25, -0.2) is 0 Å². The van der Waals surface area contributed by atoms with E-state index in [1.807, 2.05) is 71.6 Å². The van der Waals surface area contributed by atoms with E-state index in [0.29, 0.717) is 43.1 Å². The number of carbonyl (C=O) groups is 2. The number of nitrogens with one attached hydrogen (secondary N) is 1. The molecule has 0 unspecified atom stereocenters. The van der Waals surface area contributed by atoms with Crippen molar-refractivity contribution in [3.05, 3.63) is 90.0 Å². The number of para-hydroxylation sites is 3. The molecular weight excluding hydrogens is 390 g/mol. The van der Waals surface area contributed by atoms with Crippen LogP contribution < -0.4 is 15.0 Å². The molecule has 31 heavy (non-hydrogen) atoms. The van der Waals surface area contributed by atoms with Crippen LogP contribution in [0.1, 0.15) is 20.7 Å². The van der Waals surface area contributed by atoms with Crippen LogP contribution in [0.3, 0.4) is 0 Å². The highest BCUT2D eigenvalue weighted by molar-refractivity contribution is 6.07. The molecule has 1 aliphatic rings. The molecule has 0 spiro atoms. The number of piperazine rings is 1. The van der Waals surface area contributed by atoms with Gasteiger partial charge in [-0.3, -0.25) is 9.59 Å². The third kappa shape index (κ3) is 4.53. The third-order valence-corrected chi connectivity index (χ3v) is 5.43. The van der Waals surface area contributed by atoms with Crippen molar-refractivity contribution in [3.63, 3.8) is 0 Å². The van der Waals surface area contributed by atoms with Gasteiger partial charge in [-0.2, -0.15) is 0 Å². The lowest BCUT2D eigenvalue weighted by Gasteiger charge is -2.37. The number of nitrogens with zero attached hydrogens (tertiary/aromatic N) is 2. The molecule has 1 N–H and O–H groups in total. The van der Waals surface area contributed by atoms with E-state index in [0.717, 1.165) is 11.4 Å². The molecule has 0 aromatic heterocycles. The van der Waals surface area contributed by atoms with Crippen LogP contribution in [0.15, 0.2) is 78.9 Å². The number of hydrogen-bond donors (Lipinski definition) is 1. The van der Waals surface area contributed by atoms with Gasteiger partial charge < -0.3 is 19.9 Å². The van der Waals surface area contributed by atoms with Crippen LogP contribution in [0, 0.1) is 0 Å². The second kappa shape index (κ2) is 9.34. The highest BCUT2D eigenvalue weighted by Gasteiger charge is 2.24. The van der Waals surface area contributed by atoms with E-state index in [1.165, 1.54) is 0 Å². The van der Waals surface area contributed by atoms with Crippen molar-refractivity contribution in [2.75, 3.05) is 43.5 Å². The maximum Gasteiger partial charge on any atom is 0.259 e. The highest BCUT2D eigenvalue weighted by Crippen LogP contribution is 2.28. The SMILES string of the molecule is COc1ccccc1C(=O)Nc1ccccc1N1CCN(C(=O)c2ccccc2)CC1. The Morgan fingerprint density at radius 1 is 0.806 bits per heavy atom. The lowest BCUT2D eigenvalue weighted by molar-refractivity contribution is 0.0746. The average Bonchev–Trinajstić information content (AvgIpc) is 2.84. The van der Waals surface area contributed by atoms with E-state index in [2.05, 4.69) is 10.2 Å². The molecule has 3 aromatic rings. The molecule has 0 atom stereocenters. The number of methoxy groups -OCH3 is 1. The van der Waals surface area contributed by atoms with Gasteiger partial charge in [0.05, 0.1) is 24.0 Å². The van der Waals surface area contributed by atoms with Gasteiger partial charge in [-0.1, -0.05) is 42.5 Å². The Morgan fingerprint density at radius 2 is 1.45 bits per heavy atom. The van der Waals surface area contributed by atoms with Gasteiger partial charge in [0, 0.05) is 31.7 Å². The van der Waals surface area contributed by atoms with Crippen LogP contribution in [0.5, 0.6) is 5.75 Å². The molecule has 1 fully saturated rings. The fraction of sp³-hybridized carbons (Fsp3) is 0.200. The Bertz CT molecular complexity index is 1060. The third-order valence-electron chi connectivity index (χ3n) is 5.43. The zero-order valence-corrected chi connectivity index (χ0v) is 17.5. The molecule has 1 heterocycles. The minimum absolute atomic E-state index is 0.0537. The van der Waals surface area contributed by atoms with E-state index in [9.17, 15) is 9.59 Å². The van der Waals surface area contributed by atoms with Gasteiger partial charge in [0.15, 0.2) is 0 Å². The van der Waals surface area contributed by atoms with Crippen molar-refractivity contribution in [2.24, 2.45) is 0 Å². The van der Waals surface area contributed by atoms with E-state index in [-0.39, 0.29) is 11.8 Å². The van der Waals surface area contributed by atoms with Gasteiger partial charge in [-0.05, 0) is 36.4 Å². The van der Waals surface area contributed by atoms with Gasteiger partial charge in [0.2, 0.25) is 0 Å². The maximum atomic E-state index is 12.9. The first-order chi connectivity index (χ1) is 15.2. The molecule has 3 aromatic carbocycles. The zero-order valence-electron chi connectivity index (χ0n) is 17.5. The van der Waals surface area contributed by atoms with Crippen LogP contribution in [0.4, 0.5) is 11.4 Å². The molecule has 2 amide bonds. The summed E-state index contributed by atoms with van der Waals surface area (Å²) in [5.74, 6) is 0.367. The summed E-state index contributed by atoms with van der Waals surface area (Å²) in [5, 5.41) is 3.02. The summed E-state index contributed by atoms with van der Waals surface area (Å²) >= 11 is 0. The van der Waals surface area contributed by atoms with E-state index < -0.39 is 0 Å². The fourth-order valence-corrected chi connectivity index (χ4v) is 3.79. The summed E-state index contributed by atoms with van der Waals surface area (Å²) in [5.41, 5.74) is 2.87. The fourth-order valence-electron chi connectivity index (χ4n) is 3.79. The Labute approximate surface area is 182 Å². The predicted octanol–water partition coefficient (Wildman–Crippen LogP) is 3.91. The molecule has 6 nitrogen and oxygen atoms in total. The number of benzene rings is 3. The van der Waals surface area contributed by atoms with Crippen LogP contribution in [0.2, 0.25) is 0 Å². The lowest BCUT2D eigenvalue weighted by Crippen LogP contribution is -2.49. The molecular formula is C25H25N3O3.